The number of methoxy groups -OCH3 is 1. The number of carbonyl (C=O) groups is 2. The highest BCUT2D eigenvalue weighted by atomic mass is 32.2. The largest absolute Gasteiger partial charge is 0.468 e. The van der Waals surface area contributed by atoms with Crippen molar-refractivity contribution in [1.29, 1.82) is 0 Å². The number of hydrogen-bond donors (Lipinski definition) is 2. The Balaban J connectivity index is 1.83. The number of nitrogens with one attached hydrogen (secondary N) is 2. The van der Waals surface area contributed by atoms with Crippen LogP contribution in [0.2, 0.25) is 0 Å². The highest BCUT2D eigenvalue weighted by molar-refractivity contribution is 7.89. The predicted octanol–water partition coefficient (Wildman–Crippen LogP) is 2.76. The lowest BCUT2D eigenvalue weighted by molar-refractivity contribution is -0.140. The first-order valence-corrected chi connectivity index (χ1v) is 12.4. The van der Waals surface area contributed by atoms with Crippen molar-refractivity contribution in [3.63, 3.8) is 0 Å². The molecule has 1 amide bonds. The minimum absolute atomic E-state index is 0.0808. The van der Waals surface area contributed by atoms with Crippen LogP contribution in [0.4, 0.5) is 5.69 Å². The van der Waals surface area contributed by atoms with Crippen molar-refractivity contribution in [2.45, 2.75) is 36.0 Å². The molecule has 8 nitrogen and oxygen atoms in total. The number of sulfonamides is 1. The molecule has 1 aliphatic rings. The van der Waals surface area contributed by atoms with Crippen molar-refractivity contribution in [3.05, 3.63) is 59.7 Å². The number of esters is 1. The minimum atomic E-state index is -4.04. The fourth-order valence-corrected chi connectivity index (χ4v) is 5.68. The first-order chi connectivity index (χ1) is 15.7. The van der Waals surface area contributed by atoms with Crippen molar-refractivity contribution in [1.82, 2.24) is 9.62 Å². The molecule has 33 heavy (non-hydrogen) atoms. The fraction of sp³-hybridized carbons (Fsp3) is 0.417. The van der Waals surface area contributed by atoms with E-state index >= 15 is 0 Å². The SMILES string of the molecule is CNc1ccc(C(=O)NCC2(c3ccccc3)CCCC2)cc1S(=O)(=O)N(C)CC(=O)OC. The summed E-state index contributed by atoms with van der Waals surface area (Å²) in [4.78, 5) is 24.5. The van der Waals surface area contributed by atoms with Crippen LogP contribution in [0.25, 0.3) is 0 Å². The summed E-state index contributed by atoms with van der Waals surface area (Å²) in [6.07, 6.45) is 4.20. The van der Waals surface area contributed by atoms with Crippen LogP contribution >= 0.6 is 0 Å². The number of anilines is 1. The maximum atomic E-state index is 13.1. The van der Waals surface area contributed by atoms with E-state index in [0.29, 0.717) is 12.2 Å². The Morgan fingerprint density at radius 1 is 1.09 bits per heavy atom. The second-order valence-electron chi connectivity index (χ2n) is 8.33. The van der Waals surface area contributed by atoms with E-state index in [-0.39, 0.29) is 21.8 Å². The molecule has 9 heteroatoms. The molecule has 1 aliphatic carbocycles. The van der Waals surface area contributed by atoms with E-state index in [4.69, 9.17) is 0 Å². The summed E-state index contributed by atoms with van der Waals surface area (Å²) >= 11 is 0. The van der Waals surface area contributed by atoms with E-state index in [9.17, 15) is 18.0 Å². The number of amides is 1. The molecular weight excluding hydrogens is 442 g/mol. The van der Waals surface area contributed by atoms with Crippen molar-refractivity contribution < 1.29 is 22.7 Å². The summed E-state index contributed by atoms with van der Waals surface area (Å²) in [5, 5.41) is 5.87. The van der Waals surface area contributed by atoms with Gasteiger partial charge in [-0.1, -0.05) is 43.2 Å². The van der Waals surface area contributed by atoms with Crippen LogP contribution in [-0.4, -0.2) is 58.9 Å². The lowest BCUT2D eigenvalue weighted by Crippen LogP contribution is -2.39. The number of carbonyl (C=O) groups excluding carboxylic acids is 2. The van der Waals surface area contributed by atoms with Gasteiger partial charge in [0.25, 0.3) is 5.91 Å². The lowest BCUT2D eigenvalue weighted by Gasteiger charge is -2.30. The van der Waals surface area contributed by atoms with E-state index in [2.05, 4.69) is 27.5 Å². The van der Waals surface area contributed by atoms with Gasteiger partial charge in [0.05, 0.1) is 12.8 Å². The number of likely N-dealkylation sites (N-methyl/N-ethyl adjacent to an activating group) is 1. The van der Waals surface area contributed by atoms with Gasteiger partial charge < -0.3 is 15.4 Å². The van der Waals surface area contributed by atoms with Gasteiger partial charge in [-0.05, 0) is 36.6 Å². The molecule has 2 aromatic rings. The van der Waals surface area contributed by atoms with Crippen LogP contribution in [0.1, 0.15) is 41.6 Å². The Morgan fingerprint density at radius 2 is 1.76 bits per heavy atom. The van der Waals surface area contributed by atoms with E-state index in [1.807, 2.05) is 18.2 Å². The summed E-state index contributed by atoms with van der Waals surface area (Å²) in [7, 11) is 0.0444. The minimum Gasteiger partial charge on any atom is -0.468 e. The summed E-state index contributed by atoms with van der Waals surface area (Å²) in [5.41, 5.74) is 1.67. The van der Waals surface area contributed by atoms with Gasteiger partial charge in [0, 0.05) is 31.6 Å². The average Bonchev–Trinajstić information content (AvgIpc) is 3.32. The van der Waals surface area contributed by atoms with Crippen LogP contribution in [-0.2, 0) is 25.0 Å². The fourth-order valence-electron chi connectivity index (χ4n) is 4.35. The molecule has 0 spiro atoms. The lowest BCUT2D eigenvalue weighted by atomic mass is 9.79. The molecule has 0 unspecified atom stereocenters. The highest BCUT2D eigenvalue weighted by Crippen LogP contribution is 2.40. The number of ether oxygens (including phenoxy) is 1. The third-order valence-corrected chi connectivity index (χ3v) is 8.16. The second kappa shape index (κ2) is 10.4. The number of nitrogens with zero attached hydrogens (tertiary/aromatic N) is 1. The topological polar surface area (TPSA) is 105 Å². The molecule has 0 aromatic heterocycles. The summed E-state index contributed by atoms with van der Waals surface area (Å²) in [6.45, 7) is 0.0476. The smallest absolute Gasteiger partial charge is 0.321 e. The van der Waals surface area contributed by atoms with Gasteiger partial charge in [-0.25, -0.2) is 8.42 Å². The van der Waals surface area contributed by atoms with Crippen LogP contribution in [0.15, 0.2) is 53.4 Å². The first-order valence-electron chi connectivity index (χ1n) is 10.9. The maximum Gasteiger partial charge on any atom is 0.321 e. The van der Waals surface area contributed by atoms with Crippen LogP contribution in [0.5, 0.6) is 0 Å². The van der Waals surface area contributed by atoms with Gasteiger partial charge >= 0.3 is 5.97 Å². The number of hydrogen-bond acceptors (Lipinski definition) is 6. The standard InChI is InChI=1S/C24H31N3O5S/c1-25-20-12-11-18(15-21(20)33(30,31)27(2)16-22(28)32-3)23(29)26-17-24(13-7-8-14-24)19-9-5-4-6-10-19/h4-6,9-12,15,25H,7-8,13-14,16-17H2,1-3H3,(H,26,29). The summed E-state index contributed by atoms with van der Waals surface area (Å²) in [6, 6.07) is 14.7. The molecular formula is C24H31N3O5S. The van der Waals surface area contributed by atoms with Crippen molar-refractivity contribution in [3.8, 4) is 0 Å². The highest BCUT2D eigenvalue weighted by Gasteiger charge is 2.36. The molecule has 2 N–H and O–H groups in total. The predicted molar refractivity (Wildman–Crippen MR) is 127 cm³/mol. The van der Waals surface area contributed by atoms with Gasteiger partial charge in [0.1, 0.15) is 11.4 Å². The zero-order valence-electron chi connectivity index (χ0n) is 19.3. The second-order valence-corrected chi connectivity index (χ2v) is 10.3. The molecule has 178 valence electrons. The molecule has 0 radical (unpaired) electrons. The Morgan fingerprint density at radius 3 is 2.36 bits per heavy atom. The van der Waals surface area contributed by atoms with E-state index in [1.165, 1.54) is 25.8 Å². The zero-order chi connectivity index (χ0) is 24.1. The molecule has 0 heterocycles. The Labute approximate surface area is 195 Å². The Bertz CT molecular complexity index is 1100. The van der Waals surface area contributed by atoms with Crippen LogP contribution in [0.3, 0.4) is 0 Å². The van der Waals surface area contributed by atoms with Crippen molar-refractivity contribution in [2.24, 2.45) is 0 Å². The molecule has 2 aromatic carbocycles. The maximum absolute atomic E-state index is 13.1. The molecule has 0 saturated heterocycles. The van der Waals surface area contributed by atoms with Crippen LogP contribution in [0, 0.1) is 0 Å². The first kappa shape index (κ1) is 24.7. The average molecular weight is 474 g/mol. The third-order valence-electron chi connectivity index (χ3n) is 6.31. The van der Waals surface area contributed by atoms with Crippen LogP contribution < -0.4 is 10.6 Å². The van der Waals surface area contributed by atoms with Gasteiger partial charge in [0.15, 0.2) is 0 Å². The third kappa shape index (κ3) is 5.36. The number of rotatable bonds is 9. The van der Waals surface area contributed by atoms with Crippen molar-refractivity contribution in [2.75, 3.05) is 39.6 Å². The van der Waals surface area contributed by atoms with Gasteiger partial charge in [0.2, 0.25) is 10.0 Å². The Kier molecular flexibility index (Phi) is 7.76. The molecule has 1 fully saturated rings. The summed E-state index contributed by atoms with van der Waals surface area (Å²) in [5.74, 6) is -1.02. The molecule has 0 atom stereocenters. The van der Waals surface area contributed by atoms with Crippen molar-refractivity contribution >= 4 is 27.6 Å². The van der Waals surface area contributed by atoms with E-state index in [1.54, 1.807) is 19.2 Å². The molecule has 3 rings (SSSR count). The van der Waals surface area contributed by atoms with E-state index < -0.39 is 22.5 Å². The molecule has 0 bridgehead atoms. The van der Waals surface area contributed by atoms with E-state index in [0.717, 1.165) is 30.0 Å². The number of benzene rings is 2. The zero-order valence-corrected chi connectivity index (χ0v) is 20.1. The van der Waals surface area contributed by atoms with Gasteiger partial charge in [-0.3, -0.25) is 9.59 Å². The summed E-state index contributed by atoms with van der Waals surface area (Å²) < 4.78 is 31.6. The molecule has 1 saturated carbocycles. The quantitative estimate of drug-likeness (QED) is 0.543. The molecule has 0 aliphatic heterocycles. The Hall–Kier alpha value is -2.91. The monoisotopic (exact) mass is 473 g/mol. The van der Waals surface area contributed by atoms with Gasteiger partial charge in [-0.15, -0.1) is 0 Å². The normalized spacial score (nSPS) is 15.3. The van der Waals surface area contributed by atoms with Gasteiger partial charge in [-0.2, -0.15) is 4.31 Å².